The SMILES string of the molecule is [C-]#[N+]c1ccc2c(c[n+]3n2-c2c(C)cc(C)cc2C3)c1C#N.[C-]#[N+]c1ccc2c(c[n+]3n2-c2c(ccc(C)c2C)C3)c1C#N.[C-]#[N+]c1ccc2c(c[n+]3n2-c2cc(C)c(C)c(C)c2C3)c1C#N.[C-]#[N+]c1ccc2c(c[n+]3n2-c2cc(C)c(C)cc2C3)c1C#N.[C-]#[N+]c1ccc2c(c[n+]3n2-c2cc(C)cc(C)c2C3)c1C#N. The van der Waals surface area contributed by atoms with Gasteiger partial charge in [-0.15, -0.1) is 46.8 Å². The molecule has 0 amide bonds. The van der Waals surface area contributed by atoms with E-state index < -0.39 is 0 Å². The molecule has 20 heteroatoms. The van der Waals surface area contributed by atoms with Gasteiger partial charge in [-0.3, -0.25) is 0 Å². The molecule has 20 rings (SSSR count). The summed E-state index contributed by atoms with van der Waals surface area (Å²) in [6.07, 6.45) is 9.92. The summed E-state index contributed by atoms with van der Waals surface area (Å²) in [5, 5.41) is 51.3. The molecule has 5 aromatic heterocycles. The lowest BCUT2D eigenvalue weighted by atomic mass is 9.97. The highest BCUT2D eigenvalue weighted by Gasteiger charge is 2.37. The topological polar surface area (TPSA) is 185 Å². The lowest BCUT2D eigenvalue weighted by Crippen LogP contribution is -2.36. The molecule has 10 heterocycles. The number of rotatable bonds is 0. The Morgan fingerprint density at radius 1 is 0.288 bits per heavy atom. The normalized spacial score (nSPS) is 11.8. The number of benzene rings is 10. The molecular weight excluding hydrogens is 1370 g/mol. The summed E-state index contributed by atoms with van der Waals surface area (Å²) in [6, 6.07) is 49.1. The average Bonchev–Trinajstić information content (AvgIpc) is 1.61. The fourth-order valence-electron chi connectivity index (χ4n) is 16.9. The van der Waals surface area contributed by atoms with Crippen LogP contribution in [0, 0.1) is 166 Å². The third kappa shape index (κ3) is 10.7. The minimum Gasteiger partial charge on any atom is -0.237 e. The molecular formula is C91H67N20+5. The van der Waals surface area contributed by atoms with Crippen LogP contribution in [0.3, 0.4) is 0 Å². The van der Waals surface area contributed by atoms with Crippen LogP contribution >= 0.6 is 0 Å². The van der Waals surface area contributed by atoms with Crippen molar-refractivity contribution in [3.8, 4) is 58.8 Å². The van der Waals surface area contributed by atoms with Crippen LogP contribution in [0.1, 0.15) is 117 Å². The van der Waals surface area contributed by atoms with Crippen molar-refractivity contribution in [3.05, 3.63) is 320 Å². The van der Waals surface area contributed by atoms with E-state index in [2.05, 4.69) is 232 Å². The molecule has 5 aliphatic rings. The van der Waals surface area contributed by atoms with E-state index in [0.29, 0.717) is 56.3 Å². The maximum atomic E-state index is 9.45. The van der Waals surface area contributed by atoms with Gasteiger partial charge < -0.3 is 0 Å². The standard InChI is InChI=1S/C19H15N4.4C18H13N4/c1-11-7-19-15(13(3)12(11)2)9-22-10-16-14(8-20)17(21-4)5-6-18(16)23(19)22;1-11-6-13-9-21-10-15-14(8-19)16(20-3)4-5-17(15)22(21)18(13)7-12(11)2;1-11-6-12(2)14-9-21-10-15-13(8-19)16(20-3)4-5-17(15)22(21)18(14)7-11;1-11-6-12(2)18-13(7-11)9-21-10-15-14(8-19)16(20-3)4-5-17(15)22(18)21;1-11-4-5-13-9-21-10-15-14(8-19)16(20-3)6-7-17(15)22(21)18(13)12(11)2/h5-7,10H,9H2,1-3H3;4*4-7,10H,9H2,1-2H3/q5*+1. The van der Waals surface area contributed by atoms with E-state index in [1.807, 2.05) is 61.3 Å². The summed E-state index contributed by atoms with van der Waals surface area (Å²) in [5.74, 6) is 0. The molecule has 20 nitrogen and oxygen atoms in total. The molecule has 0 atom stereocenters. The van der Waals surface area contributed by atoms with Crippen molar-refractivity contribution in [3.63, 3.8) is 0 Å². The Kier molecular flexibility index (Phi) is 16.7. The summed E-state index contributed by atoms with van der Waals surface area (Å²) < 4.78 is 21.4. The molecule has 5 aliphatic heterocycles. The van der Waals surface area contributed by atoms with Crippen molar-refractivity contribution in [2.75, 3.05) is 0 Å². The van der Waals surface area contributed by atoms with Crippen LogP contribution in [0.4, 0.5) is 28.4 Å². The minimum atomic E-state index is 0.417. The Balaban J connectivity index is 0.000000105. The molecule has 0 fully saturated rings. The van der Waals surface area contributed by atoms with Gasteiger partial charge in [-0.05, 0) is 199 Å². The predicted octanol–water partition coefficient (Wildman–Crippen LogP) is 16.9. The fraction of sp³-hybridized carbons (Fsp3) is 0.176. The molecule has 0 saturated carbocycles. The Morgan fingerprint density at radius 2 is 0.640 bits per heavy atom. The van der Waals surface area contributed by atoms with Crippen LogP contribution in [0.25, 0.3) is 107 Å². The molecule has 0 N–H and O–H groups in total. The van der Waals surface area contributed by atoms with E-state index >= 15 is 0 Å². The summed E-state index contributed by atoms with van der Waals surface area (Å²) in [5.41, 5.74) is 35.8. The van der Waals surface area contributed by atoms with Crippen molar-refractivity contribution in [2.45, 2.75) is 109 Å². The molecule has 0 aliphatic carbocycles. The van der Waals surface area contributed by atoms with Gasteiger partial charge in [0.2, 0.25) is 59.4 Å². The number of aryl methyl sites for hydroxylation is 8. The van der Waals surface area contributed by atoms with Crippen molar-refractivity contribution in [1.29, 1.82) is 26.3 Å². The van der Waals surface area contributed by atoms with Crippen LogP contribution in [0.5, 0.6) is 0 Å². The molecule has 10 aromatic carbocycles. The van der Waals surface area contributed by atoms with Crippen molar-refractivity contribution >= 4 is 83.0 Å². The van der Waals surface area contributed by atoms with Gasteiger partial charge in [0.05, 0.1) is 129 Å². The van der Waals surface area contributed by atoms with Gasteiger partial charge in [-0.25, -0.2) is 24.2 Å². The van der Waals surface area contributed by atoms with E-state index in [-0.39, 0.29) is 0 Å². The second-order valence-electron chi connectivity index (χ2n) is 29.0. The first-order valence-electron chi connectivity index (χ1n) is 35.9. The Bertz CT molecular complexity index is 7260. The maximum Gasteiger partial charge on any atom is 0.205 e. The van der Waals surface area contributed by atoms with Crippen LogP contribution in [-0.2, 0) is 32.7 Å². The number of hydrogen-bond acceptors (Lipinski definition) is 5. The van der Waals surface area contributed by atoms with E-state index in [1.165, 1.54) is 112 Å². The smallest absolute Gasteiger partial charge is 0.205 e. The monoisotopic (exact) mass is 1440 g/mol. The lowest BCUT2D eigenvalue weighted by Gasteiger charge is -2.08. The van der Waals surface area contributed by atoms with Gasteiger partial charge >= 0.3 is 0 Å². The third-order valence-corrected chi connectivity index (χ3v) is 22.6. The average molecular weight is 1440 g/mol. The van der Waals surface area contributed by atoms with E-state index in [4.69, 9.17) is 32.9 Å². The van der Waals surface area contributed by atoms with Gasteiger partial charge in [0, 0.05) is 16.7 Å². The highest BCUT2D eigenvalue weighted by molar-refractivity contribution is 5.95. The summed E-state index contributed by atoms with van der Waals surface area (Å²) in [7, 11) is 0. The van der Waals surface area contributed by atoms with Crippen molar-refractivity contribution < 1.29 is 23.4 Å². The first-order chi connectivity index (χ1) is 53.6. The Morgan fingerprint density at radius 3 is 1.09 bits per heavy atom. The van der Waals surface area contributed by atoms with Crippen LogP contribution in [-0.4, -0.2) is 23.4 Å². The maximum absolute atomic E-state index is 9.45. The highest BCUT2D eigenvalue weighted by atomic mass is 15.4. The van der Waals surface area contributed by atoms with Crippen molar-refractivity contribution in [2.24, 2.45) is 0 Å². The zero-order chi connectivity index (χ0) is 78.0. The number of nitrogens with zero attached hydrogens (tertiary/aromatic N) is 20. The molecule has 0 unspecified atom stereocenters. The van der Waals surface area contributed by atoms with Gasteiger partial charge in [0.1, 0.15) is 56.0 Å². The Labute approximate surface area is 640 Å². The quantitative estimate of drug-likeness (QED) is 0.108. The van der Waals surface area contributed by atoms with E-state index in [0.717, 1.165) is 92.9 Å². The first-order valence-corrected chi connectivity index (χ1v) is 35.9. The predicted molar refractivity (Wildman–Crippen MR) is 420 cm³/mol. The molecule has 526 valence electrons. The molecule has 0 bridgehead atoms. The molecule has 0 saturated heterocycles. The van der Waals surface area contributed by atoms with E-state index in [9.17, 15) is 26.3 Å². The highest BCUT2D eigenvalue weighted by Crippen LogP contribution is 2.40. The third-order valence-electron chi connectivity index (χ3n) is 22.6. The summed E-state index contributed by atoms with van der Waals surface area (Å²) in [6.45, 7) is 63.5. The number of aromatic nitrogens is 10. The Hall–Kier alpha value is -15.6. The molecule has 111 heavy (non-hydrogen) atoms. The molecule has 15 aromatic rings. The molecule has 0 radical (unpaired) electrons. The number of nitriles is 5. The van der Waals surface area contributed by atoms with Crippen LogP contribution < -0.4 is 23.4 Å². The zero-order valence-corrected chi connectivity index (χ0v) is 62.8. The summed E-state index contributed by atoms with van der Waals surface area (Å²) >= 11 is 0. The van der Waals surface area contributed by atoms with Gasteiger partial charge in [-0.1, -0.05) is 54.1 Å². The minimum absolute atomic E-state index is 0.417. The largest absolute Gasteiger partial charge is 0.237 e. The molecule has 0 spiro atoms. The van der Waals surface area contributed by atoms with Gasteiger partial charge in [-0.2, -0.15) is 26.3 Å². The number of hydrogen-bond donors (Lipinski definition) is 0. The zero-order valence-electron chi connectivity index (χ0n) is 62.8. The van der Waals surface area contributed by atoms with E-state index in [1.54, 1.807) is 30.3 Å². The second-order valence-corrected chi connectivity index (χ2v) is 29.0. The summed E-state index contributed by atoms with van der Waals surface area (Å²) in [4.78, 5) is 17.3. The van der Waals surface area contributed by atoms with Gasteiger partial charge in [0.25, 0.3) is 0 Å². The number of fused-ring (bicyclic) bond motifs is 25. The van der Waals surface area contributed by atoms with Crippen LogP contribution in [0.2, 0.25) is 0 Å². The van der Waals surface area contributed by atoms with Crippen molar-refractivity contribution in [1.82, 2.24) is 23.4 Å². The lowest BCUT2D eigenvalue weighted by molar-refractivity contribution is -0.749. The van der Waals surface area contributed by atoms with Gasteiger partial charge in [0.15, 0.2) is 32.7 Å². The second kappa shape index (κ2) is 26.5. The van der Waals surface area contributed by atoms with Crippen LogP contribution in [0.15, 0.2) is 146 Å². The fourth-order valence-corrected chi connectivity index (χ4v) is 16.9. The first kappa shape index (κ1) is 69.8.